The van der Waals surface area contributed by atoms with Crippen molar-refractivity contribution in [1.29, 1.82) is 0 Å². The smallest absolute Gasteiger partial charge is 0.163 e. The Kier molecular flexibility index (Phi) is 2.56. The number of rotatable bonds is 3. The Hall–Kier alpha value is -0.940. The molecule has 1 aromatic rings. The van der Waals surface area contributed by atoms with Crippen molar-refractivity contribution in [2.45, 2.75) is 6.10 Å². The standard InChI is InChI=1S/C6H12N4O/c1-10-4-8-9-6(10)5(3-7)11-2/h4-5H,3,7H2,1-2H3. The van der Waals surface area contributed by atoms with Crippen LogP contribution in [0, 0.1) is 0 Å². The topological polar surface area (TPSA) is 66.0 Å². The van der Waals surface area contributed by atoms with E-state index >= 15 is 0 Å². The third-order valence-corrected chi connectivity index (χ3v) is 1.53. The Morgan fingerprint density at radius 2 is 2.55 bits per heavy atom. The molecular formula is C6H12N4O. The van der Waals surface area contributed by atoms with E-state index in [2.05, 4.69) is 10.2 Å². The second-order valence-electron chi connectivity index (χ2n) is 2.26. The fraction of sp³-hybridized carbons (Fsp3) is 0.667. The van der Waals surface area contributed by atoms with E-state index in [4.69, 9.17) is 10.5 Å². The molecule has 0 fully saturated rings. The molecule has 5 heteroatoms. The van der Waals surface area contributed by atoms with Gasteiger partial charge in [-0.2, -0.15) is 0 Å². The quantitative estimate of drug-likeness (QED) is 0.638. The highest BCUT2D eigenvalue weighted by molar-refractivity contribution is 4.90. The molecule has 2 N–H and O–H groups in total. The Morgan fingerprint density at radius 3 is 2.91 bits per heavy atom. The molecule has 0 saturated carbocycles. The average Bonchev–Trinajstić information content (AvgIpc) is 2.40. The summed E-state index contributed by atoms with van der Waals surface area (Å²) >= 11 is 0. The van der Waals surface area contributed by atoms with Crippen LogP contribution in [-0.2, 0) is 11.8 Å². The lowest BCUT2D eigenvalue weighted by Crippen LogP contribution is -2.17. The van der Waals surface area contributed by atoms with E-state index in [-0.39, 0.29) is 6.10 Å². The first-order chi connectivity index (χ1) is 5.29. The summed E-state index contributed by atoms with van der Waals surface area (Å²) in [6, 6.07) is 0. The number of hydrogen-bond donors (Lipinski definition) is 1. The summed E-state index contributed by atoms with van der Waals surface area (Å²) in [7, 11) is 3.46. The van der Waals surface area contributed by atoms with E-state index < -0.39 is 0 Å². The number of hydrogen-bond acceptors (Lipinski definition) is 4. The molecule has 0 aliphatic rings. The van der Waals surface area contributed by atoms with Gasteiger partial charge in [-0.1, -0.05) is 0 Å². The van der Waals surface area contributed by atoms with Gasteiger partial charge in [-0.3, -0.25) is 0 Å². The van der Waals surface area contributed by atoms with Gasteiger partial charge in [0.05, 0.1) is 0 Å². The van der Waals surface area contributed by atoms with Crippen LogP contribution in [0.4, 0.5) is 0 Å². The molecule has 62 valence electrons. The monoisotopic (exact) mass is 156 g/mol. The molecular weight excluding hydrogens is 144 g/mol. The maximum Gasteiger partial charge on any atom is 0.163 e. The number of aromatic nitrogens is 3. The molecule has 5 nitrogen and oxygen atoms in total. The van der Waals surface area contributed by atoms with Crippen LogP contribution >= 0.6 is 0 Å². The van der Waals surface area contributed by atoms with E-state index in [1.807, 2.05) is 7.05 Å². The molecule has 0 saturated heterocycles. The van der Waals surface area contributed by atoms with Crippen molar-refractivity contribution in [3.63, 3.8) is 0 Å². The van der Waals surface area contributed by atoms with E-state index in [1.54, 1.807) is 18.0 Å². The van der Waals surface area contributed by atoms with Crippen molar-refractivity contribution in [2.75, 3.05) is 13.7 Å². The minimum atomic E-state index is -0.150. The molecule has 1 unspecified atom stereocenters. The molecule has 11 heavy (non-hydrogen) atoms. The lowest BCUT2D eigenvalue weighted by Gasteiger charge is -2.10. The molecule has 0 aliphatic carbocycles. The van der Waals surface area contributed by atoms with Crippen LogP contribution in [0.1, 0.15) is 11.9 Å². The number of nitrogens with zero attached hydrogens (tertiary/aromatic N) is 3. The maximum atomic E-state index is 5.44. The Bertz CT molecular complexity index is 218. The van der Waals surface area contributed by atoms with E-state index in [1.165, 1.54) is 0 Å². The van der Waals surface area contributed by atoms with Gasteiger partial charge < -0.3 is 15.0 Å². The van der Waals surface area contributed by atoms with Gasteiger partial charge in [0.15, 0.2) is 5.82 Å². The van der Waals surface area contributed by atoms with Crippen molar-refractivity contribution in [3.8, 4) is 0 Å². The van der Waals surface area contributed by atoms with Gasteiger partial charge in [0, 0.05) is 20.7 Å². The summed E-state index contributed by atoms with van der Waals surface area (Å²) in [6.07, 6.45) is 1.47. The lowest BCUT2D eigenvalue weighted by atomic mass is 10.3. The first-order valence-electron chi connectivity index (χ1n) is 3.36. The zero-order valence-corrected chi connectivity index (χ0v) is 6.69. The first kappa shape index (κ1) is 8.16. The summed E-state index contributed by atoms with van der Waals surface area (Å²) < 4.78 is 6.87. The highest BCUT2D eigenvalue weighted by atomic mass is 16.5. The van der Waals surface area contributed by atoms with E-state index in [0.29, 0.717) is 6.54 Å². The van der Waals surface area contributed by atoms with Gasteiger partial charge in [0.2, 0.25) is 0 Å². The Morgan fingerprint density at radius 1 is 1.82 bits per heavy atom. The number of ether oxygens (including phenoxy) is 1. The molecule has 0 bridgehead atoms. The summed E-state index contributed by atoms with van der Waals surface area (Å²) in [5, 5.41) is 7.58. The number of nitrogens with two attached hydrogens (primary N) is 1. The predicted molar refractivity (Wildman–Crippen MR) is 39.8 cm³/mol. The zero-order valence-electron chi connectivity index (χ0n) is 6.69. The summed E-state index contributed by atoms with van der Waals surface area (Å²) in [5.74, 6) is 0.759. The average molecular weight is 156 g/mol. The van der Waals surface area contributed by atoms with Gasteiger partial charge in [-0.15, -0.1) is 10.2 Å². The van der Waals surface area contributed by atoms with Crippen LogP contribution in [0.3, 0.4) is 0 Å². The van der Waals surface area contributed by atoms with E-state index in [0.717, 1.165) is 5.82 Å². The normalized spacial score (nSPS) is 13.4. The van der Waals surface area contributed by atoms with Gasteiger partial charge in [0.1, 0.15) is 12.4 Å². The maximum absolute atomic E-state index is 5.44. The van der Waals surface area contributed by atoms with E-state index in [9.17, 15) is 0 Å². The third kappa shape index (κ3) is 1.55. The summed E-state index contributed by atoms with van der Waals surface area (Å²) in [4.78, 5) is 0. The van der Waals surface area contributed by atoms with Crippen molar-refractivity contribution in [2.24, 2.45) is 12.8 Å². The van der Waals surface area contributed by atoms with Gasteiger partial charge in [0.25, 0.3) is 0 Å². The largest absolute Gasteiger partial charge is 0.372 e. The van der Waals surface area contributed by atoms with Crippen LogP contribution in [0.2, 0.25) is 0 Å². The van der Waals surface area contributed by atoms with Crippen molar-refractivity contribution >= 4 is 0 Å². The van der Waals surface area contributed by atoms with Crippen LogP contribution in [0.25, 0.3) is 0 Å². The second kappa shape index (κ2) is 3.45. The van der Waals surface area contributed by atoms with Gasteiger partial charge in [-0.25, -0.2) is 0 Å². The Labute approximate surface area is 65.2 Å². The summed E-state index contributed by atoms with van der Waals surface area (Å²) in [6.45, 7) is 0.420. The molecule has 0 spiro atoms. The zero-order chi connectivity index (χ0) is 8.27. The number of aryl methyl sites for hydroxylation is 1. The highest BCUT2D eigenvalue weighted by Gasteiger charge is 2.12. The fourth-order valence-electron chi connectivity index (χ4n) is 0.891. The fourth-order valence-corrected chi connectivity index (χ4v) is 0.891. The summed E-state index contributed by atoms with van der Waals surface area (Å²) in [5.41, 5.74) is 5.44. The first-order valence-corrected chi connectivity index (χ1v) is 3.36. The molecule has 0 radical (unpaired) electrons. The van der Waals surface area contributed by atoms with Gasteiger partial charge >= 0.3 is 0 Å². The van der Waals surface area contributed by atoms with Crippen LogP contribution < -0.4 is 5.73 Å². The lowest BCUT2D eigenvalue weighted by molar-refractivity contribution is 0.100. The third-order valence-electron chi connectivity index (χ3n) is 1.53. The predicted octanol–water partition coefficient (Wildman–Crippen LogP) is -0.539. The molecule has 0 aromatic carbocycles. The van der Waals surface area contributed by atoms with Crippen LogP contribution in [0.5, 0.6) is 0 Å². The highest BCUT2D eigenvalue weighted by Crippen LogP contribution is 2.09. The number of methoxy groups -OCH3 is 1. The van der Waals surface area contributed by atoms with Gasteiger partial charge in [-0.05, 0) is 0 Å². The van der Waals surface area contributed by atoms with Crippen LogP contribution in [0.15, 0.2) is 6.33 Å². The molecule has 0 aliphatic heterocycles. The van der Waals surface area contributed by atoms with Crippen LogP contribution in [-0.4, -0.2) is 28.4 Å². The molecule has 1 heterocycles. The van der Waals surface area contributed by atoms with Crippen molar-refractivity contribution in [1.82, 2.24) is 14.8 Å². The molecule has 1 aromatic heterocycles. The molecule has 1 rings (SSSR count). The Balaban J connectivity index is 2.81. The van der Waals surface area contributed by atoms with Crippen molar-refractivity contribution < 1.29 is 4.74 Å². The SMILES string of the molecule is COC(CN)c1nncn1C. The second-order valence-corrected chi connectivity index (χ2v) is 2.26. The minimum absolute atomic E-state index is 0.150. The molecule has 0 amide bonds. The molecule has 1 atom stereocenters. The van der Waals surface area contributed by atoms with Crippen molar-refractivity contribution in [3.05, 3.63) is 12.2 Å². The minimum Gasteiger partial charge on any atom is -0.372 e.